The van der Waals surface area contributed by atoms with Crippen LogP contribution in [0.4, 0.5) is 8.78 Å². The summed E-state index contributed by atoms with van der Waals surface area (Å²) in [4.78, 5) is 0. The van der Waals surface area contributed by atoms with Crippen LogP contribution in [0.1, 0.15) is 16.7 Å². The van der Waals surface area contributed by atoms with E-state index < -0.39 is 24.8 Å². The largest absolute Gasteiger partial charge is 0.488 e. The van der Waals surface area contributed by atoms with Crippen molar-refractivity contribution in [2.45, 2.75) is 19.8 Å². The molecule has 2 rings (SSSR count). The molecule has 0 aliphatic rings. The number of aliphatic hydroxyl groups excluding tert-OH is 2. The van der Waals surface area contributed by atoms with Gasteiger partial charge >= 0.3 is 0 Å². The summed E-state index contributed by atoms with van der Waals surface area (Å²) in [6, 6.07) is 6.12. The summed E-state index contributed by atoms with van der Waals surface area (Å²) in [5.41, 5.74) is 0.977. The zero-order valence-electron chi connectivity index (χ0n) is 10.9. The van der Waals surface area contributed by atoms with Gasteiger partial charge in [0.05, 0.1) is 18.2 Å². The van der Waals surface area contributed by atoms with Crippen LogP contribution in [0.5, 0.6) is 5.75 Å². The Balaban J connectivity index is 2.26. The summed E-state index contributed by atoms with van der Waals surface area (Å²) in [7, 11) is 0. The first-order chi connectivity index (χ1) is 10.0. The van der Waals surface area contributed by atoms with Crippen LogP contribution < -0.4 is 4.74 Å². The Hall–Kier alpha value is -1.69. The van der Waals surface area contributed by atoms with Crippen molar-refractivity contribution in [2.24, 2.45) is 0 Å². The van der Waals surface area contributed by atoms with E-state index in [1.807, 2.05) is 0 Å². The second-order valence-electron chi connectivity index (χ2n) is 4.39. The maximum atomic E-state index is 13.3. The number of hydrogen-bond acceptors (Lipinski definition) is 3. The van der Waals surface area contributed by atoms with E-state index in [0.29, 0.717) is 5.56 Å². The third-order valence-electron chi connectivity index (χ3n) is 2.94. The molecule has 0 atom stereocenters. The minimum Gasteiger partial charge on any atom is -0.488 e. The molecule has 0 unspecified atom stereocenters. The average molecular weight is 315 g/mol. The third kappa shape index (κ3) is 3.69. The van der Waals surface area contributed by atoms with Gasteiger partial charge in [-0.05, 0) is 24.3 Å². The Kier molecular flexibility index (Phi) is 5.12. The minimum atomic E-state index is -0.574. The summed E-state index contributed by atoms with van der Waals surface area (Å²) >= 11 is 5.89. The molecule has 0 amide bonds. The van der Waals surface area contributed by atoms with Crippen LogP contribution in [0.2, 0.25) is 5.02 Å². The highest BCUT2D eigenvalue weighted by molar-refractivity contribution is 6.31. The quantitative estimate of drug-likeness (QED) is 0.891. The summed E-state index contributed by atoms with van der Waals surface area (Å²) in [5.74, 6) is -0.838. The standard InChI is InChI=1S/C15H13ClF2O3/c16-14-5-12(17)2-1-9(14)8-21-15-10(6-19)3-13(18)4-11(15)7-20/h1-5,19-20H,6-8H2. The second-order valence-corrected chi connectivity index (χ2v) is 4.80. The van der Waals surface area contributed by atoms with Gasteiger partial charge in [0.25, 0.3) is 0 Å². The summed E-state index contributed by atoms with van der Waals surface area (Å²) in [5, 5.41) is 18.7. The van der Waals surface area contributed by atoms with E-state index in [-0.39, 0.29) is 28.5 Å². The SMILES string of the molecule is OCc1cc(F)cc(CO)c1OCc1ccc(F)cc1Cl. The van der Waals surface area contributed by atoms with Crippen LogP contribution >= 0.6 is 11.6 Å². The predicted molar refractivity (Wildman–Crippen MR) is 74.0 cm³/mol. The molecule has 2 aromatic rings. The molecule has 2 aromatic carbocycles. The van der Waals surface area contributed by atoms with Crippen LogP contribution in [0.15, 0.2) is 30.3 Å². The predicted octanol–water partition coefficient (Wildman–Crippen LogP) is 3.18. The van der Waals surface area contributed by atoms with Gasteiger partial charge in [0.2, 0.25) is 0 Å². The maximum Gasteiger partial charge on any atom is 0.131 e. The molecule has 6 heteroatoms. The highest BCUT2D eigenvalue weighted by Gasteiger charge is 2.13. The molecular weight excluding hydrogens is 302 g/mol. The fourth-order valence-corrected chi connectivity index (χ4v) is 2.14. The molecular formula is C15H13ClF2O3. The molecule has 0 heterocycles. The molecule has 0 spiro atoms. The van der Waals surface area contributed by atoms with Gasteiger partial charge in [-0.2, -0.15) is 0 Å². The first-order valence-electron chi connectivity index (χ1n) is 6.15. The van der Waals surface area contributed by atoms with Crippen LogP contribution in [-0.2, 0) is 19.8 Å². The second kappa shape index (κ2) is 6.85. The van der Waals surface area contributed by atoms with Crippen molar-refractivity contribution < 1.29 is 23.7 Å². The van der Waals surface area contributed by atoms with Gasteiger partial charge < -0.3 is 14.9 Å². The molecule has 0 radical (unpaired) electrons. The first kappa shape index (κ1) is 15.7. The molecule has 0 bridgehead atoms. The van der Waals surface area contributed by atoms with Crippen molar-refractivity contribution >= 4 is 11.6 Å². The fourth-order valence-electron chi connectivity index (χ4n) is 1.92. The highest BCUT2D eigenvalue weighted by Crippen LogP contribution is 2.28. The molecule has 0 aliphatic heterocycles. The lowest BCUT2D eigenvalue weighted by Gasteiger charge is -2.15. The van der Waals surface area contributed by atoms with E-state index in [1.54, 1.807) is 0 Å². The molecule has 0 aliphatic carbocycles. The number of rotatable bonds is 5. The van der Waals surface area contributed by atoms with E-state index in [4.69, 9.17) is 16.3 Å². The van der Waals surface area contributed by atoms with Gasteiger partial charge in [0, 0.05) is 16.7 Å². The molecule has 0 saturated heterocycles. The van der Waals surface area contributed by atoms with E-state index in [0.717, 1.165) is 18.2 Å². The van der Waals surface area contributed by atoms with Gasteiger partial charge in [0.1, 0.15) is 24.0 Å². The fraction of sp³-hybridized carbons (Fsp3) is 0.200. The van der Waals surface area contributed by atoms with Crippen molar-refractivity contribution in [3.05, 3.63) is 63.7 Å². The topological polar surface area (TPSA) is 49.7 Å². The normalized spacial score (nSPS) is 10.7. The molecule has 112 valence electrons. The Morgan fingerprint density at radius 3 is 2.05 bits per heavy atom. The van der Waals surface area contributed by atoms with E-state index >= 15 is 0 Å². The zero-order chi connectivity index (χ0) is 15.4. The number of benzene rings is 2. The number of ether oxygens (including phenoxy) is 1. The molecule has 21 heavy (non-hydrogen) atoms. The Bertz CT molecular complexity index is 622. The van der Waals surface area contributed by atoms with Gasteiger partial charge in [-0.15, -0.1) is 0 Å². The number of hydrogen-bond donors (Lipinski definition) is 2. The van der Waals surface area contributed by atoms with Crippen molar-refractivity contribution in [3.8, 4) is 5.75 Å². The van der Waals surface area contributed by atoms with Crippen LogP contribution in [0.3, 0.4) is 0 Å². The summed E-state index contributed by atoms with van der Waals surface area (Å²) in [6.07, 6.45) is 0. The van der Waals surface area contributed by atoms with E-state index in [1.165, 1.54) is 12.1 Å². The molecule has 3 nitrogen and oxygen atoms in total. The maximum absolute atomic E-state index is 13.3. The lowest BCUT2D eigenvalue weighted by Crippen LogP contribution is -2.04. The monoisotopic (exact) mass is 314 g/mol. The van der Waals surface area contributed by atoms with Crippen LogP contribution in [0.25, 0.3) is 0 Å². The third-order valence-corrected chi connectivity index (χ3v) is 3.29. The number of halogens is 3. The van der Waals surface area contributed by atoms with Gasteiger partial charge in [-0.25, -0.2) is 8.78 Å². The van der Waals surface area contributed by atoms with E-state index in [2.05, 4.69) is 0 Å². The molecule has 0 saturated carbocycles. The minimum absolute atomic E-state index is 0.00471. The lowest BCUT2D eigenvalue weighted by atomic mass is 10.1. The van der Waals surface area contributed by atoms with Crippen molar-refractivity contribution in [1.82, 2.24) is 0 Å². The molecule has 0 fully saturated rings. The number of aliphatic hydroxyl groups is 2. The van der Waals surface area contributed by atoms with Crippen LogP contribution in [0, 0.1) is 11.6 Å². The summed E-state index contributed by atoms with van der Waals surface area (Å²) < 4.78 is 31.8. The highest BCUT2D eigenvalue weighted by atomic mass is 35.5. The molecule has 0 aromatic heterocycles. The first-order valence-corrected chi connectivity index (χ1v) is 6.52. The van der Waals surface area contributed by atoms with Gasteiger partial charge in [-0.3, -0.25) is 0 Å². The van der Waals surface area contributed by atoms with Crippen molar-refractivity contribution in [1.29, 1.82) is 0 Å². The Labute approximate surface area is 125 Å². The average Bonchev–Trinajstić information content (AvgIpc) is 2.46. The van der Waals surface area contributed by atoms with Gasteiger partial charge in [-0.1, -0.05) is 17.7 Å². The van der Waals surface area contributed by atoms with Gasteiger partial charge in [0.15, 0.2) is 0 Å². The molecule has 2 N–H and O–H groups in total. The Morgan fingerprint density at radius 2 is 1.52 bits per heavy atom. The van der Waals surface area contributed by atoms with E-state index in [9.17, 15) is 19.0 Å². The Morgan fingerprint density at radius 1 is 0.905 bits per heavy atom. The summed E-state index contributed by atoms with van der Waals surface area (Å²) in [6.45, 7) is -0.862. The van der Waals surface area contributed by atoms with Crippen molar-refractivity contribution in [2.75, 3.05) is 0 Å². The smallest absolute Gasteiger partial charge is 0.131 e. The van der Waals surface area contributed by atoms with Crippen molar-refractivity contribution in [3.63, 3.8) is 0 Å². The van der Waals surface area contributed by atoms with Crippen LogP contribution in [-0.4, -0.2) is 10.2 Å². The zero-order valence-corrected chi connectivity index (χ0v) is 11.7. The lowest BCUT2D eigenvalue weighted by molar-refractivity contribution is 0.241.